The molecule has 1 saturated heterocycles. The van der Waals surface area contributed by atoms with E-state index in [0.29, 0.717) is 25.2 Å². The van der Waals surface area contributed by atoms with Crippen LogP contribution in [-0.4, -0.2) is 34.2 Å². The highest BCUT2D eigenvalue weighted by atomic mass is 19.1. The van der Waals surface area contributed by atoms with Crippen LogP contribution < -0.4 is 0 Å². The van der Waals surface area contributed by atoms with Gasteiger partial charge in [0.25, 0.3) is 11.7 Å². The van der Waals surface area contributed by atoms with Crippen LogP contribution in [0, 0.1) is 5.82 Å². The molecule has 27 heavy (non-hydrogen) atoms. The minimum Gasteiger partial charge on any atom is -0.342 e. The molecule has 0 unspecified atom stereocenters. The molecule has 1 aliphatic heterocycles. The van der Waals surface area contributed by atoms with Crippen molar-refractivity contribution < 1.29 is 14.0 Å². The second-order valence-electron chi connectivity index (χ2n) is 7.00. The number of para-hydroxylation sites is 1. The number of ketones is 1. The van der Waals surface area contributed by atoms with E-state index in [1.54, 1.807) is 23.2 Å². The van der Waals surface area contributed by atoms with Gasteiger partial charge < -0.3 is 9.47 Å². The molecule has 0 N–H and O–H groups in total. The number of piperidine rings is 1. The van der Waals surface area contributed by atoms with Crippen LogP contribution in [0.1, 0.15) is 35.2 Å². The average molecular weight is 364 g/mol. The maximum absolute atomic E-state index is 13.2. The first-order valence-electron chi connectivity index (χ1n) is 9.29. The van der Waals surface area contributed by atoms with Crippen LogP contribution >= 0.6 is 0 Å². The number of likely N-dealkylation sites (tertiary alicyclic amines) is 1. The first-order chi connectivity index (χ1) is 13.1. The van der Waals surface area contributed by atoms with E-state index < -0.39 is 11.7 Å². The van der Waals surface area contributed by atoms with Crippen LogP contribution in [0.4, 0.5) is 4.39 Å². The quantitative estimate of drug-likeness (QED) is 0.518. The molecule has 0 aliphatic carbocycles. The number of carbonyl (C=O) groups excluding carboxylic acids is 2. The lowest BCUT2D eigenvalue weighted by Crippen LogP contribution is -2.40. The standard InChI is InChI=1S/C22H21FN2O2/c23-17-10-8-16(9-11-17)14-25-15-19(18-6-2-3-7-20(18)25)21(26)22(27)24-12-4-1-5-13-24/h2-3,6-11,15H,1,4-5,12-14H2. The highest BCUT2D eigenvalue weighted by molar-refractivity contribution is 6.44. The van der Waals surface area contributed by atoms with Crippen molar-refractivity contribution in [3.8, 4) is 0 Å². The van der Waals surface area contributed by atoms with Crippen LogP contribution in [0.3, 0.4) is 0 Å². The molecule has 2 aromatic carbocycles. The molecule has 2 heterocycles. The van der Waals surface area contributed by atoms with Crippen molar-refractivity contribution in [2.45, 2.75) is 25.8 Å². The van der Waals surface area contributed by atoms with Gasteiger partial charge in [-0.25, -0.2) is 4.39 Å². The lowest BCUT2D eigenvalue weighted by molar-refractivity contribution is -0.127. The molecule has 0 spiro atoms. The van der Waals surface area contributed by atoms with Crippen molar-refractivity contribution in [1.82, 2.24) is 9.47 Å². The molecule has 1 fully saturated rings. The number of hydrogen-bond acceptors (Lipinski definition) is 2. The van der Waals surface area contributed by atoms with E-state index in [-0.39, 0.29) is 5.82 Å². The molecule has 4 nitrogen and oxygen atoms in total. The van der Waals surface area contributed by atoms with Gasteiger partial charge >= 0.3 is 0 Å². The van der Waals surface area contributed by atoms with Gasteiger partial charge in [0, 0.05) is 36.7 Å². The summed E-state index contributed by atoms with van der Waals surface area (Å²) < 4.78 is 15.1. The largest absolute Gasteiger partial charge is 0.342 e. The average Bonchev–Trinajstić information content (AvgIpc) is 3.08. The van der Waals surface area contributed by atoms with Crippen LogP contribution in [0.2, 0.25) is 0 Å². The fourth-order valence-corrected chi connectivity index (χ4v) is 3.70. The minimum atomic E-state index is -0.453. The number of halogens is 1. The Morgan fingerprint density at radius 3 is 2.37 bits per heavy atom. The van der Waals surface area contributed by atoms with Crippen LogP contribution in [0.15, 0.2) is 54.7 Å². The Hall–Kier alpha value is -2.95. The third-order valence-corrected chi connectivity index (χ3v) is 5.14. The number of nitrogens with zero attached hydrogens (tertiary/aromatic N) is 2. The third-order valence-electron chi connectivity index (χ3n) is 5.14. The van der Waals surface area contributed by atoms with Gasteiger partial charge in [0.2, 0.25) is 0 Å². The van der Waals surface area contributed by atoms with Gasteiger partial charge in [-0.1, -0.05) is 30.3 Å². The Bertz CT molecular complexity index is 985. The molecule has 1 aromatic heterocycles. The zero-order valence-corrected chi connectivity index (χ0v) is 15.0. The van der Waals surface area contributed by atoms with Crippen molar-refractivity contribution >= 4 is 22.6 Å². The molecule has 0 radical (unpaired) electrons. The third kappa shape index (κ3) is 3.50. The number of benzene rings is 2. The summed E-state index contributed by atoms with van der Waals surface area (Å²) in [4.78, 5) is 27.3. The number of rotatable bonds is 4. The fourth-order valence-electron chi connectivity index (χ4n) is 3.70. The molecular weight excluding hydrogens is 343 g/mol. The van der Waals surface area contributed by atoms with E-state index in [4.69, 9.17) is 0 Å². The van der Waals surface area contributed by atoms with Crippen LogP contribution in [0.5, 0.6) is 0 Å². The molecule has 138 valence electrons. The summed E-state index contributed by atoms with van der Waals surface area (Å²) in [6.07, 6.45) is 4.75. The Kier molecular flexibility index (Phi) is 4.75. The van der Waals surface area contributed by atoms with Crippen molar-refractivity contribution in [2.24, 2.45) is 0 Å². The first-order valence-corrected chi connectivity index (χ1v) is 9.29. The lowest BCUT2D eigenvalue weighted by atomic mass is 10.1. The summed E-state index contributed by atoms with van der Waals surface area (Å²) in [5, 5.41) is 0.773. The highest BCUT2D eigenvalue weighted by Gasteiger charge is 2.27. The summed E-state index contributed by atoms with van der Waals surface area (Å²) in [5.41, 5.74) is 2.25. The van der Waals surface area contributed by atoms with Gasteiger partial charge in [-0.2, -0.15) is 0 Å². The molecule has 0 bridgehead atoms. The highest BCUT2D eigenvalue weighted by Crippen LogP contribution is 2.24. The maximum atomic E-state index is 13.2. The van der Waals surface area contributed by atoms with Crippen LogP contribution in [-0.2, 0) is 11.3 Å². The van der Waals surface area contributed by atoms with E-state index in [1.165, 1.54) is 12.1 Å². The molecule has 1 amide bonds. The van der Waals surface area contributed by atoms with E-state index in [1.807, 2.05) is 28.8 Å². The number of amides is 1. The predicted molar refractivity (Wildman–Crippen MR) is 102 cm³/mol. The number of hydrogen-bond donors (Lipinski definition) is 0. The summed E-state index contributed by atoms with van der Waals surface area (Å²) in [6, 6.07) is 13.9. The monoisotopic (exact) mass is 364 g/mol. The second kappa shape index (κ2) is 7.35. The Labute approximate surface area is 157 Å². The molecule has 5 heteroatoms. The van der Waals surface area contributed by atoms with Crippen molar-refractivity contribution in [2.75, 3.05) is 13.1 Å². The zero-order valence-electron chi connectivity index (χ0n) is 15.0. The molecule has 3 aromatic rings. The van der Waals surface area contributed by atoms with E-state index in [9.17, 15) is 14.0 Å². The predicted octanol–water partition coefficient (Wildman–Crippen LogP) is 4.02. The lowest BCUT2D eigenvalue weighted by Gasteiger charge is -2.25. The van der Waals surface area contributed by atoms with Crippen molar-refractivity contribution in [1.29, 1.82) is 0 Å². The Morgan fingerprint density at radius 1 is 0.926 bits per heavy atom. The van der Waals surface area contributed by atoms with Gasteiger partial charge in [0.1, 0.15) is 5.82 Å². The van der Waals surface area contributed by atoms with Gasteiger partial charge in [-0.05, 0) is 43.0 Å². The molecule has 1 aliphatic rings. The van der Waals surface area contributed by atoms with Gasteiger partial charge in [-0.3, -0.25) is 9.59 Å². The van der Waals surface area contributed by atoms with E-state index >= 15 is 0 Å². The zero-order chi connectivity index (χ0) is 18.8. The topological polar surface area (TPSA) is 42.3 Å². The molecule has 0 saturated carbocycles. The van der Waals surface area contributed by atoms with E-state index in [0.717, 1.165) is 35.7 Å². The summed E-state index contributed by atoms with van der Waals surface area (Å²) in [7, 11) is 0. The molecule has 4 rings (SSSR count). The summed E-state index contributed by atoms with van der Waals surface area (Å²) in [5.74, 6) is -1.15. The van der Waals surface area contributed by atoms with Crippen LogP contribution in [0.25, 0.3) is 10.9 Å². The second-order valence-corrected chi connectivity index (χ2v) is 7.00. The number of Topliss-reactive ketones (excluding diaryl/α,β-unsaturated/α-hetero) is 1. The molecular formula is C22H21FN2O2. The van der Waals surface area contributed by atoms with Gasteiger partial charge in [0.05, 0.1) is 5.56 Å². The molecule has 0 atom stereocenters. The summed E-state index contributed by atoms with van der Waals surface area (Å²) in [6.45, 7) is 1.81. The number of carbonyl (C=O) groups is 2. The number of aromatic nitrogens is 1. The van der Waals surface area contributed by atoms with Crippen molar-refractivity contribution in [3.63, 3.8) is 0 Å². The SMILES string of the molecule is O=C(C(=O)N1CCCCC1)c1cn(Cc2ccc(F)cc2)c2ccccc12. The van der Waals surface area contributed by atoms with E-state index in [2.05, 4.69) is 0 Å². The van der Waals surface area contributed by atoms with Crippen molar-refractivity contribution in [3.05, 3.63) is 71.7 Å². The smallest absolute Gasteiger partial charge is 0.295 e. The maximum Gasteiger partial charge on any atom is 0.295 e. The van der Waals surface area contributed by atoms with Gasteiger partial charge in [-0.15, -0.1) is 0 Å². The normalized spacial score (nSPS) is 14.5. The fraction of sp³-hybridized carbons (Fsp3) is 0.273. The Balaban J connectivity index is 1.67. The minimum absolute atomic E-state index is 0.279. The Morgan fingerprint density at radius 2 is 1.63 bits per heavy atom. The summed E-state index contributed by atoms with van der Waals surface area (Å²) >= 11 is 0. The van der Waals surface area contributed by atoms with Gasteiger partial charge in [0.15, 0.2) is 0 Å². The first kappa shape index (κ1) is 17.5. The number of fused-ring (bicyclic) bond motifs is 1.